The molecular weight excluding hydrogens is 266 g/mol. The molecule has 0 aliphatic heterocycles. The SMILES string of the molecule is CC1CCCC(CO)(NS(=O)(=O)c2cnn(C)c2)C1. The van der Waals surface area contributed by atoms with Crippen molar-refractivity contribution >= 4 is 10.0 Å². The number of nitrogens with one attached hydrogen (secondary N) is 1. The summed E-state index contributed by atoms with van der Waals surface area (Å²) in [6.45, 7) is 1.92. The zero-order valence-corrected chi connectivity index (χ0v) is 12.2. The van der Waals surface area contributed by atoms with Crippen LogP contribution in [-0.4, -0.2) is 35.5 Å². The molecule has 1 fully saturated rings. The lowest BCUT2D eigenvalue weighted by Crippen LogP contribution is -2.53. The van der Waals surface area contributed by atoms with Gasteiger partial charge in [-0.05, 0) is 18.8 Å². The molecule has 19 heavy (non-hydrogen) atoms. The molecule has 2 unspecified atom stereocenters. The number of aryl methyl sites for hydroxylation is 1. The van der Waals surface area contributed by atoms with Gasteiger partial charge in [-0.3, -0.25) is 4.68 Å². The maximum Gasteiger partial charge on any atom is 0.244 e. The summed E-state index contributed by atoms with van der Waals surface area (Å²) in [6, 6.07) is 0. The van der Waals surface area contributed by atoms with Crippen molar-refractivity contribution in [1.29, 1.82) is 0 Å². The highest BCUT2D eigenvalue weighted by Crippen LogP contribution is 2.33. The summed E-state index contributed by atoms with van der Waals surface area (Å²) in [5.74, 6) is 0.414. The van der Waals surface area contributed by atoms with Crippen LogP contribution < -0.4 is 4.72 Å². The quantitative estimate of drug-likeness (QED) is 0.851. The third kappa shape index (κ3) is 3.16. The molecule has 1 aliphatic rings. The maximum absolute atomic E-state index is 12.3. The smallest absolute Gasteiger partial charge is 0.244 e. The van der Waals surface area contributed by atoms with Gasteiger partial charge in [0.2, 0.25) is 10.0 Å². The Labute approximate surface area is 113 Å². The van der Waals surface area contributed by atoms with Crippen molar-refractivity contribution in [2.45, 2.75) is 43.0 Å². The van der Waals surface area contributed by atoms with Crippen molar-refractivity contribution in [3.63, 3.8) is 0 Å². The normalized spacial score (nSPS) is 28.5. The van der Waals surface area contributed by atoms with Gasteiger partial charge in [-0.1, -0.05) is 19.8 Å². The number of aliphatic hydroxyl groups excluding tert-OH is 1. The van der Waals surface area contributed by atoms with E-state index in [9.17, 15) is 13.5 Å². The van der Waals surface area contributed by atoms with Crippen molar-refractivity contribution in [1.82, 2.24) is 14.5 Å². The maximum atomic E-state index is 12.3. The van der Waals surface area contributed by atoms with E-state index in [2.05, 4.69) is 16.7 Å². The van der Waals surface area contributed by atoms with E-state index in [0.29, 0.717) is 18.8 Å². The average Bonchev–Trinajstić information content (AvgIpc) is 2.76. The fourth-order valence-corrected chi connectivity index (χ4v) is 4.23. The number of aromatic nitrogens is 2. The van der Waals surface area contributed by atoms with Crippen molar-refractivity contribution in [3.05, 3.63) is 12.4 Å². The van der Waals surface area contributed by atoms with Gasteiger partial charge in [0.25, 0.3) is 0 Å². The molecular formula is C12H21N3O3S. The minimum atomic E-state index is -3.63. The molecule has 0 radical (unpaired) electrons. The minimum absolute atomic E-state index is 0.140. The number of hydrogen-bond acceptors (Lipinski definition) is 4. The van der Waals surface area contributed by atoms with E-state index < -0.39 is 15.6 Å². The van der Waals surface area contributed by atoms with E-state index in [1.54, 1.807) is 7.05 Å². The first-order chi connectivity index (χ1) is 8.87. The Bertz CT molecular complexity index is 540. The third-order valence-electron chi connectivity index (χ3n) is 3.74. The van der Waals surface area contributed by atoms with Gasteiger partial charge < -0.3 is 5.11 Å². The molecule has 1 saturated carbocycles. The van der Waals surface area contributed by atoms with E-state index in [-0.39, 0.29) is 11.5 Å². The van der Waals surface area contributed by atoms with Crippen molar-refractivity contribution in [2.24, 2.45) is 13.0 Å². The molecule has 1 aromatic rings. The van der Waals surface area contributed by atoms with Crippen LogP contribution >= 0.6 is 0 Å². The fraction of sp³-hybridized carbons (Fsp3) is 0.750. The molecule has 0 aromatic carbocycles. The summed E-state index contributed by atoms with van der Waals surface area (Å²) in [4.78, 5) is 0.140. The molecule has 1 heterocycles. The third-order valence-corrected chi connectivity index (χ3v) is 5.27. The van der Waals surface area contributed by atoms with Gasteiger partial charge >= 0.3 is 0 Å². The summed E-state index contributed by atoms with van der Waals surface area (Å²) in [5, 5.41) is 13.5. The van der Waals surface area contributed by atoms with Gasteiger partial charge in [0.05, 0.1) is 18.3 Å². The lowest BCUT2D eigenvalue weighted by molar-refractivity contribution is 0.120. The van der Waals surface area contributed by atoms with Gasteiger partial charge in [0.15, 0.2) is 0 Å². The van der Waals surface area contributed by atoms with E-state index in [4.69, 9.17) is 0 Å². The molecule has 0 spiro atoms. The van der Waals surface area contributed by atoms with Crippen molar-refractivity contribution in [3.8, 4) is 0 Å². The molecule has 2 rings (SSSR count). The molecule has 7 heteroatoms. The number of nitrogens with zero attached hydrogens (tertiary/aromatic N) is 2. The first-order valence-electron chi connectivity index (χ1n) is 6.50. The second-order valence-corrected chi connectivity index (χ2v) is 7.28. The predicted molar refractivity (Wildman–Crippen MR) is 71.0 cm³/mol. The largest absolute Gasteiger partial charge is 0.394 e. The summed E-state index contributed by atoms with van der Waals surface area (Å²) in [6.07, 6.45) is 6.13. The van der Waals surface area contributed by atoms with E-state index >= 15 is 0 Å². The first kappa shape index (κ1) is 14.5. The number of hydrogen-bond donors (Lipinski definition) is 2. The number of aliphatic hydroxyl groups is 1. The van der Waals surface area contributed by atoms with Crippen LogP contribution in [0.15, 0.2) is 17.3 Å². The van der Waals surface area contributed by atoms with Crippen molar-refractivity contribution < 1.29 is 13.5 Å². The monoisotopic (exact) mass is 287 g/mol. The number of rotatable bonds is 4. The van der Waals surface area contributed by atoms with Crippen LogP contribution in [0.1, 0.15) is 32.6 Å². The van der Waals surface area contributed by atoms with Gasteiger partial charge in [-0.15, -0.1) is 0 Å². The lowest BCUT2D eigenvalue weighted by atomic mass is 9.78. The Hall–Kier alpha value is -0.920. The first-order valence-corrected chi connectivity index (χ1v) is 7.99. The van der Waals surface area contributed by atoms with Crippen LogP contribution in [0.5, 0.6) is 0 Å². The van der Waals surface area contributed by atoms with E-state index in [1.807, 2.05) is 0 Å². The zero-order chi connectivity index (χ0) is 14.1. The number of sulfonamides is 1. The molecule has 0 bridgehead atoms. The topological polar surface area (TPSA) is 84.2 Å². The molecule has 0 saturated heterocycles. The van der Waals surface area contributed by atoms with Gasteiger partial charge in [0, 0.05) is 13.2 Å². The molecule has 0 amide bonds. The second kappa shape index (κ2) is 5.22. The Morgan fingerprint density at radius 2 is 2.37 bits per heavy atom. The van der Waals surface area contributed by atoms with Gasteiger partial charge in [-0.2, -0.15) is 5.10 Å². The van der Waals surface area contributed by atoms with Crippen LogP contribution in [-0.2, 0) is 17.1 Å². The highest BCUT2D eigenvalue weighted by Gasteiger charge is 2.38. The van der Waals surface area contributed by atoms with Crippen LogP contribution in [0.3, 0.4) is 0 Å². The van der Waals surface area contributed by atoms with Crippen LogP contribution in [0.25, 0.3) is 0 Å². The Morgan fingerprint density at radius 3 is 2.89 bits per heavy atom. The zero-order valence-electron chi connectivity index (χ0n) is 11.3. The summed E-state index contributed by atoms with van der Waals surface area (Å²) in [7, 11) is -1.96. The van der Waals surface area contributed by atoms with Gasteiger partial charge in [0.1, 0.15) is 4.90 Å². The summed E-state index contributed by atoms with van der Waals surface area (Å²) < 4.78 is 28.8. The van der Waals surface area contributed by atoms with Crippen LogP contribution in [0.4, 0.5) is 0 Å². The molecule has 1 aromatic heterocycles. The highest BCUT2D eigenvalue weighted by molar-refractivity contribution is 7.89. The average molecular weight is 287 g/mol. The standard InChI is InChI=1S/C12H21N3O3S/c1-10-4-3-5-12(6-10,9-16)14-19(17,18)11-7-13-15(2)8-11/h7-8,10,14,16H,3-6,9H2,1-2H3. The highest BCUT2D eigenvalue weighted by atomic mass is 32.2. The lowest BCUT2D eigenvalue weighted by Gasteiger charge is -2.38. The molecule has 1 aliphatic carbocycles. The van der Waals surface area contributed by atoms with Crippen LogP contribution in [0, 0.1) is 5.92 Å². The molecule has 108 valence electrons. The van der Waals surface area contributed by atoms with Gasteiger partial charge in [-0.25, -0.2) is 13.1 Å². The van der Waals surface area contributed by atoms with E-state index in [1.165, 1.54) is 17.1 Å². The minimum Gasteiger partial charge on any atom is -0.394 e. The summed E-state index contributed by atoms with van der Waals surface area (Å²) >= 11 is 0. The Balaban J connectivity index is 2.22. The van der Waals surface area contributed by atoms with Crippen molar-refractivity contribution in [2.75, 3.05) is 6.61 Å². The van der Waals surface area contributed by atoms with Crippen LogP contribution in [0.2, 0.25) is 0 Å². The van der Waals surface area contributed by atoms with E-state index in [0.717, 1.165) is 12.8 Å². The molecule has 2 atom stereocenters. The molecule has 2 N–H and O–H groups in total. The Morgan fingerprint density at radius 1 is 1.63 bits per heavy atom. The Kier molecular flexibility index (Phi) is 3.98. The second-order valence-electron chi connectivity index (χ2n) is 5.60. The fourth-order valence-electron chi connectivity index (χ4n) is 2.81. The molecule has 6 nitrogen and oxygen atoms in total. The predicted octanol–water partition coefficient (Wildman–Crippen LogP) is 0.640. The summed E-state index contributed by atoms with van der Waals surface area (Å²) in [5.41, 5.74) is -0.730.